The first kappa shape index (κ1) is 31.1. The van der Waals surface area contributed by atoms with Gasteiger partial charge in [-0.1, -0.05) is 34.6 Å². The summed E-state index contributed by atoms with van der Waals surface area (Å²) in [6.45, 7) is 10.9. The zero-order valence-corrected chi connectivity index (χ0v) is 25.2. The molecule has 1 heterocycles. The lowest BCUT2D eigenvalue weighted by Gasteiger charge is -2.62. The van der Waals surface area contributed by atoms with Crippen molar-refractivity contribution in [3.8, 4) is 0 Å². The van der Waals surface area contributed by atoms with Gasteiger partial charge in [0.25, 0.3) is 0 Å². The van der Waals surface area contributed by atoms with Crippen molar-refractivity contribution in [3.63, 3.8) is 0 Å². The van der Waals surface area contributed by atoms with Crippen LogP contribution in [0.2, 0.25) is 0 Å². The van der Waals surface area contributed by atoms with Gasteiger partial charge >= 0.3 is 0 Å². The van der Waals surface area contributed by atoms with E-state index in [0.717, 1.165) is 51.4 Å². The molecule has 4 aliphatic carbocycles. The first-order chi connectivity index (χ1) is 18.8. The minimum Gasteiger partial charge on any atom is -0.394 e. The summed E-state index contributed by atoms with van der Waals surface area (Å²) < 4.78 is 11.8. The molecule has 1 aliphatic heterocycles. The van der Waals surface area contributed by atoms with E-state index in [1.807, 2.05) is 0 Å². The molecule has 0 aromatic heterocycles. The van der Waals surface area contributed by atoms with Crippen LogP contribution in [-0.2, 0) is 9.47 Å². The lowest BCUT2D eigenvalue weighted by molar-refractivity contribution is -0.203. The van der Waals surface area contributed by atoms with Crippen molar-refractivity contribution in [1.29, 1.82) is 0 Å². The van der Waals surface area contributed by atoms with Gasteiger partial charge < -0.3 is 40.1 Å². The molecule has 8 nitrogen and oxygen atoms in total. The van der Waals surface area contributed by atoms with E-state index in [9.17, 15) is 30.6 Å². The topological polar surface area (TPSA) is 140 Å². The Balaban J connectivity index is 1.26. The van der Waals surface area contributed by atoms with Gasteiger partial charge in [-0.25, -0.2) is 0 Å². The predicted octanol–water partition coefficient (Wildman–Crippen LogP) is 2.84. The SMILES string of the molecule is CC(C)[C@H](CC[C@@H](C)[C@H]1C[C@@H](O)[C@H]2[C@@H]3C[C@H](O)C4C[C@@H](O)CC[C@]4(C)[C@H]3CC[C@@]21C)O[C@@H]1O[C@H](CO)[C@H](O)[C@H]1O. The largest absolute Gasteiger partial charge is 0.394 e. The van der Waals surface area contributed by atoms with E-state index >= 15 is 0 Å². The molecular formula is C32H56O8. The smallest absolute Gasteiger partial charge is 0.186 e. The maximum absolute atomic E-state index is 11.6. The van der Waals surface area contributed by atoms with Crippen molar-refractivity contribution in [2.45, 2.75) is 141 Å². The average Bonchev–Trinajstić information content (AvgIpc) is 3.34. The Hall–Kier alpha value is -0.320. The normalized spacial score (nSPS) is 52.2. The maximum Gasteiger partial charge on any atom is 0.186 e. The summed E-state index contributed by atoms with van der Waals surface area (Å²) in [4.78, 5) is 0. The summed E-state index contributed by atoms with van der Waals surface area (Å²) in [6, 6.07) is 0. The van der Waals surface area contributed by atoms with Crippen molar-refractivity contribution in [2.75, 3.05) is 6.61 Å². The van der Waals surface area contributed by atoms with Gasteiger partial charge in [-0.2, -0.15) is 0 Å². The Bertz CT molecular complexity index is 870. The summed E-state index contributed by atoms with van der Waals surface area (Å²) in [5.74, 6) is 2.09. The highest BCUT2D eigenvalue weighted by Gasteiger charge is 2.64. The molecule has 0 spiro atoms. The lowest BCUT2D eigenvalue weighted by Crippen LogP contribution is -2.59. The fraction of sp³-hybridized carbons (Fsp3) is 1.00. The molecule has 40 heavy (non-hydrogen) atoms. The predicted molar refractivity (Wildman–Crippen MR) is 150 cm³/mol. The molecule has 1 saturated heterocycles. The van der Waals surface area contributed by atoms with Gasteiger partial charge in [-0.15, -0.1) is 0 Å². The molecular weight excluding hydrogens is 512 g/mol. The van der Waals surface area contributed by atoms with Crippen LogP contribution in [0.1, 0.15) is 92.4 Å². The Morgan fingerprint density at radius 3 is 2.17 bits per heavy atom. The number of hydrogen-bond donors (Lipinski definition) is 6. The second kappa shape index (κ2) is 11.6. The third-order valence-electron chi connectivity index (χ3n) is 12.8. The molecule has 0 aromatic rings. The minimum atomic E-state index is -1.18. The van der Waals surface area contributed by atoms with Crippen LogP contribution in [0.3, 0.4) is 0 Å². The maximum atomic E-state index is 11.6. The van der Waals surface area contributed by atoms with Gasteiger partial charge in [-0.05, 0) is 110 Å². The highest BCUT2D eigenvalue weighted by atomic mass is 16.7. The molecule has 0 radical (unpaired) electrons. The summed E-state index contributed by atoms with van der Waals surface area (Å²) in [5.41, 5.74) is 0.0537. The van der Waals surface area contributed by atoms with Gasteiger partial charge in [-0.3, -0.25) is 0 Å². The van der Waals surface area contributed by atoms with Gasteiger partial charge in [0.15, 0.2) is 6.29 Å². The van der Waals surface area contributed by atoms with Crippen LogP contribution < -0.4 is 0 Å². The van der Waals surface area contributed by atoms with Gasteiger partial charge in [0.2, 0.25) is 0 Å². The fourth-order valence-corrected chi connectivity index (χ4v) is 10.6. The monoisotopic (exact) mass is 568 g/mol. The van der Waals surface area contributed by atoms with Gasteiger partial charge in [0.1, 0.15) is 18.3 Å². The van der Waals surface area contributed by atoms with E-state index in [2.05, 4.69) is 34.6 Å². The first-order valence-electron chi connectivity index (χ1n) is 16.1. The Morgan fingerprint density at radius 1 is 0.825 bits per heavy atom. The van der Waals surface area contributed by atoms with Crippen LogP contribution in [0.15, 0.2) is 0 Å². The van der Waals surface area contributed by atoms with E-state index in [1.165, 1.54) is 0 Å². The molecule has 4 saturated carbocycles. The van der Waals surface area contributed by atoms with Crippen LogP contribution in [0.4, 0.5) is 0 Å². The highest BCUT2D eigenvalue weighted by Crippen LogP contribution is 2.68. The van der Waals surface area contributed by atoms with E-state index in [4.69, 9.17) is 9.47 Å². The second-order valence-electron chi connectivity index (χ2n) is 15.3. The Morgan fingerprint density at radius 2 is 1.52 bits per heavy atom. The summed E-state index contributed by atoms with van der Waals surface area (Å²) in [7, 11) is 0. The third kappa shape index (κ3) is 5.21. The molecule has 0 amide bonds. The minimum absolute atomic E-state index is 0.0223. The summed E-state index contributed by atoms with van der Waals surface area (Å²) in [5, 5.41) is 63.2. The molecule has 0 aromatic carbocycles. The number of fused-ring (bicyclic) bond motifs is 5. The summed E-state index contributed by atoms with van der Waals surface area (Å²) >= 11 is 0. The third-order valence-corrected chi connectivity index (χ3v) is 12.8. The summed E-state index contributed by atoms with van der Waals surface area (Å²) in [6.07, 6.45) is 2.57. The highest BCUT2D eigenvalue weighted by molar-refractivity contribution is 5.13. The Kier molecular flexibility index (Phi) is 9.06. The van der Waals surface area contributed by atoms with Crippen molar-refractivity contribution in [2.24, 2.45) is 52.3 Å². The standard InChI is InChI=1S/C32H56O8/c1-16(2)25(39-30-29(38)28(37)26(15-33)40-30)7-6-17(3)21-14-24(36)27-19-13-23(35)22-12-18(34)8-10-31(22,4)20(19)9-11-32(21,27)5/h16-30,33-38H,6-15H2,1-5H3/t17-,18+,19-,20+,21-,22?,23+,24-,25+,26-,27-,28+,29-,30-,31-,32-/m1/s1. The molecule has 8 heteroatoms. The van der Waals surface area contributed by atoms with Crippen LogP contribution in [0.5, 0.6) is 0 Å². The second-order valence-corrected chi connectivity index (χ2v) is 15.3. The van der Waals surface area contributed by atoms with Gasteiger partial charge in [0.05, 0.1) is 31.0 Å². The van der Waals surface area contributed by atoms with Crippen molar-refractivity contribution >= 4 is 0 Å². The van der Waals surface area contributed by atoms with Crippen LogP contribution in [0.25, 0.3) is 0 Å². The van der Waals surface area contributed by atoms with Crippen LogP contribution in [-0.4, -0.2) is 86.3 Å². The van der Waals surface area contributed by atoms with E-state index in [0.29, 0.717) is 30.1 Å². The zero-order valence-electron chi connectivity index (χ0n) is 25.2. The van der Waals surface area contributed by atoms with Crippen molar-refractivity contribution < 1.29 is 40.1 Å². The zero-order chi connectivity index (χ0) is 29.1. The van der Waals surface area contributed by atoms with Crippen molar-refractivity contribution in [3.05, 3.63) is 0 Å². The number of aliphatic hydroxyl groups excluding tert-OH is 6. The molecule has 6 N–H and O–H groups in total. The quantitative estimate of drug-likeness (QED) is 0.263. The molecule has 232 valence electrons. The van der Waals surface area contributed by atoms with E-state index in [1.54, 1.807) is 0 Å². The lowest BCUT2D eigenvalue weighted by atomic mass is 9.43. The van der Waals surface area contributed by atoms with E-state index in [-0.39, 0.29) is 53.5 Å². The number of hydrogen-bond acceptors (Lipinski definition) is 8. The molecule has 5 rings (SSSR count). The molecule has 1 unspecified atom stereocenters. The molecule has 16 atom stereocenters. The van der Waals surface area contributed by atoms with Crippen LogP contribution in [0, 0.1) is 52.3 Å². The van der Waals surface area contributed by atoms with E-state index < -0.39 is 30.7 Å². The fourth-order valence-electron chi connectivity index (χ4n) is 10.6. The average molecular weight is 569 g/mol. The number of rotatable bonds is 8. The van der Waals surface area contributed by atoms with Gasteiger partial charge in [0, 0.05) is 0 Å². The molecule has 5 aliphatic rings. The molecule has 5 fully saturated rings. The number of aliphatic hydroxyl groups is 6. The Labute approximate surface area is 240 Å². The number of ether oxygens (including phenoxy) is 2. The molecule has 0 bridgehead atoms. The first-order valence-corrected chi connectivity index (χ1v) is 16.1. The van der Waals surface area contributed by atoms with Crippen molar-refractivity contribution in [1.82, 2.24) is 0 Å². The van der Waals surface area contributed by atoms with Crippen LogP contribution >= 0.6 is 0 Å².